The molecular weight excluding hydrogens is 432 g/mol. The van der Waals surface area contributed by atoms with Crippen LogP contribution in [0.4, 0.5) is 5.82 Å². The normalized spacial score (nSPS) is 25.6. The SMILES string of the molecule is COc1ccnc(OC)c1-c1cc2cc(NC(=O)[C@@H]3C[C@H]3CN3CC4CC(C3)N4)ncc2n1C. The Bertz CT molecular complexity index is 1220. The second-order valence-electron chi connectivity index (χ2n) is 9.72. The summed E-state index contributed by atoms with van der Waals surface area (Å²) in [5.74, 6) is 2.36. The minimum atomic E-state index is 0.0731. The van der Waals surface area contributed by atoms with Gasteiger partial charge in [-0.25, -0.2) is 9.97 Å². The van der Waals surface area contributed by atoms with Crippen LogP contribution in [0.2, 0.25) is 0 Å². The zero-order valence-corrected chi connectivity index (χ0v) is 19.7. The van der Waals surface area contributed by atoms with E-state index in [-0.39, 0.29) is 11.8 Å². The number of fused-ring (bicyclic) bond motifs is 3. The summed E-state index contributed by atoms with van der Waals surface area (Å²) in [6, 6.07) is 7.10. The van der Waals surface area contributed by atoms with Crippen molar-refractivity contribution in [1.29, 1.82) is 0 Å². The van der Waals surface area contributed by atoms with Gasteiger partial charge in [-0.15, -0.1) is 0 Å². The lowest BCUT2D eigenvalue weighted by Crippen LogP contribution is -2.66. The number of methoxy groups -OCH3 is 2. The number of anilines is 1. The second-order valence-corrected chi connectivity index (χ2v) is 9.72. The van der Waals surface area contributed by atoms with Gasteiger partial charge in [0.2, 0.25) is 11.8 Å². The monoisotopic (exact) mass is 462 g/mol. The van der Waals surface area contributed by atoms with Crippen molar-refractivity contribution in [2.75, 3.05) is 39.2 Å². The van der Waals surface area contributed by atoms with E-state index in [1.807, 2.05) is 29.8 Å². The minimum absolute atomic E-state index is 0.0731. The van der Waals surface area contributed by atoms with Crippen LogP contribution in [0.25, 0.3) is 22.2 Å². The summed E-state index contributed by atoms with van der Waals surface area (Å²) in [6.45, 7) is 3.25. The number of carbonyl (C=O) groups is 1. The first kappa shape index (κ1) is 21.4. The number of piperidine rings is 1. The summed E-state index contributed by atoms with van der Waals surface area (Å²) in [6.07, 6.45) is 5.72. The molecule has 6 heterocycles. The fourth-order valence-corrected chi connectivity index (χ4v) is 5.60. The molecule has 4 atom stereocenters. The van der Waals surface area contributed by atoms with Gasteiger partial charge < -0.3 is 24.7 Å². The van der Waals surface area contributed by atoms with Crippen LogP contribution in [-0.4, -0.2) is 71.3 Å². The molecule has 9 heteroatoms. The Hall–Kier alpha value is -3.17. The van der Waals surface area contributed by atoms with E-state index < -0.39 is 0 Å². The van der Waals surface area contributed by atoms with E-state index in [9.17, 15) is 4.79 Å². The fourth-order valence-electron chi connectivity index (χ4n) is 5.60. The average molecular weight is 463 g/mol. The number of pyridine rings is 2. The number of rotatable bonds is 7. The molecular formula is C25H30N6O3. The van der Waals surface area contributed by atoms with Gasteiger partial charge >= 0.3 is 0 Å². The van der Waals surface area contributed by atoms with E-state index in [4.69, 9.17) is 9.47 Å². The van der Waals surface area contributed by atoms with Crippen LogP contribution in [0, 0.1) is 11.8 Å². The summed E-state index contributed by atoms with van der Waals surface area (Å²) in [5, 5.41) is 7.58. The number of hydrogen-bond donors (Lipinski definition) is 2. The molecule has 3 aromatic heterocycles. The lowest BCUT2D eigenvalue weighted by atomic mass is 9.91. The molecule has 34 heavy (non-hydrogen) atoms. The van der Waals surface area contributed by atoms with Gasteiger partial charge in [0.25, 0.3) is 0 Å². The predicted molar refractivity (Wildman–Crippen MR) is 129 cm³/mol. The maximum atomic E-state index is 12.9. The van der Waals surface area contributed by atoms with Crippen LogP contribution in [0.1, 0.15) is 12.8 Å². The van der Waals surface area contributed by atoms with Gasteiger partial charge in [0, 0.05) is 56.3 Å². The Labute approximate surface area is 198 Å². The molecule has 2 N–H and O–H groups in total. The van der Waals surface area contributed by atoms with Gasteiger partial charge in [0.15, 0.2) is 0 Å². The van der Waals surface area contributed by atoms with E-state index in [1.165, 1.54) is 6.42 Å². The topological polar surface area (TPSA) is 93.5 Å². The van der Waals surface area contributed by atoms with Gasteiger partial charge in [-0.3, -0.25) is 9.69 Å². The Morgan fingerprint density at radius 1 is 1.18 bits per heavy atom. The van der Waals surface area contributed by atoms with E-state index in [0.29, 0.717) is 35.4 Å². The number of amides is 1. The highest BCUT2D eigenvalue weighted by molar-refractivity contribution is 5.96. The summed E-state index contributed by atoms with van der Waals surface area (Å²) >= 11 is 0. The first-order valence-electron chi connectivity index (χ1n) is 11.9. The van der Waals surface area contributed by atoms with Crippen molar-refractivity contribution >= 4 is 22.6 Å². The first-order chi connectivity index (χ1) is 16.5. The molecule has 4 fully saturated rings. The van der Waals surface area contributed by atoms with Crippen molar-refractivity contribution in [3.63, 3.8) is 0 Å². The van der Waals surface area contributed by atoms with E-state index >= 15 is 0 Å². The van der Waals surface area contributed by atoms with Crippen LogP contribution in [0.3, 0.4) is 0 Å². The zero-order valence-electron chi connectivity index (χ0n) is 19.7. The average Bonchev–Trinajstić information content (AvgIpc) is 3.52. The molecule has 3 aliphatic heterocycles. The number of ether oxygens (including phenoxy) is 2. The van der Waals surface area contributed by atoms with Crippen LogP contribution < -0.4 is 20.1 Å². The third-order valence-corrected chi connectivity index (χ3v) is 7.48. The molecule has 3 saturated heterocycles. The van der Waals surface area contributed by atoms with Crippen molar-refractivity contribution < 1.29 is 14.3 Å². The zero-order chi connectivity index (χ0) is 23.4. The highest BCUT2D eigenvalue weighted by Crippen LogP contribution is 2.41. The molecule has 9 nitrogen and oxygen atoms in total. The van der Waals surface area contributed by atoms with Crippen molar-refractivity contribution in [1.82, 2.24) is 24.8 Å². The van der Waals surface area contributed by atoms with Crippen molar-refractivity contribution in [3.8, 4) is 22.9 Å². The molecule has 1 amide bonds. The van der Waals surface area contributed by atoms with Crippen LogP contribution >= 0.6 is 0 Å². The molecule has 3 aromatic rings. The standard InChI is InChI=1S/C25H30N6O3/c1-30-19(23-21(33-2)4-5-26-25(23)34-3)7-14-8-22(27-10-20(14)30)29-24(32)18-6-15(18)11-31-12-16-9-17(13-31)28-16/h4-5,7-8,10,15-18,28H,6,9,11-13H2,1-3H3,(H,27,29,32)/t15-,16?,17?,18+/m0/s1. The number of carbonyl (C=O) groups excluding carboxylic acids is 1. The summed E-state index contributed by atoms with van der Waals surface area (Å²) in [5.41, 5.74) is 2.63. The number of nitrogens with one attached hydrogen (secondary N) is 2. The third kappa shape index (κ3) is 3.69. The quantitative estimate of drug-likeness (QED) is 0.556. The maximum Gasteiger partial charge on any atom is 0.228 e. The van der Waals surface area contributed by atoms with E-state index in [0.717, 1.165) is 48.2 Å². The van der Waals surface area contributed by atoms with Gasteiger partial charge in [0.1, 0.15) is 17.1 Å². The number of aryl methyl sites for hydroxylation is 1. The summed E-state index contributed by atoms with van der Waals surface area (Å²) in [7, 11) is 5.20. The minimum Gasteiger partial charge on any atom is -0.496 e. The number of aromatic nitrogens is 3. The molecule has 1 saturated carbocycles. The van der Waals surface area contributed by atoms with Crippen LogP contribution in [-0.2, 0) is 11.8 Å². The lowest BCUT2D eigenvalue weighted by molar-refractivity contribution is -0.117. The Morgan fingerprint density at radius 2 is 1.97 bits per heavy atom. The third-order valence-electron chi connectivity index (χ3n) is 7.48. The van der Waals surface area contributed by atoms with Crippen molar-refractivity contribution in [2.24, 2.45) is 18.9 Å². The highest BCUT2D eigenvalue weighted by Gasteiger charge is 2.46. The number of nitrogens with zero attached hydrogens (tertiary/aromatic N) is 4. The molecule has 0 radical (unpaired) electrons. The molecule has 178 valence electrons. The Kier molecular flexibility index (Phi) is 5.18. The van der Waals surface area contributed by atoms with Gasteiger partial charge in [0.05, 0.1) is 31.6 Å². The molecule has 4 aliphatic rings. The van der Waals surface area contributed by atoms with Gasteiger partial charge in [-0.1, -0.05) is 0 Å². The van der Waals surface area contributed by atoms with Crippen LogP contribution in [0.15, 0.2) is 30.6 Å². The van der Waals surface area contributed by atoms with E-state index in [2.05, 4.69) is 25.5 Å². The fraction of sp³-hybridized carbons (Fsp3) is 0.480. The number of hydrogen-bond acceptors (Lipinski definition) is 7. The molecule has 7 rings (SSSR count). The maximum absolute atomic E-state index is 12.9. The molecule has 1 aliphatic carbocycles. The second kappa shape index (κ2) is 8.25. The Morgan fingerprint density at radius 3 is 2.71 bits per heavy atom. The molecule has 0 aromatic carbocycles. The first-order valence-corrected chi connectivity index (χ1v) is 11.9. The van der Waals surface area contributed by atoms with Crippen molar-refractivity contribution in [2.45, 2.75) is 24.9 Å². The molecule has 2 unspecified atom stereocenters. The Balaban J connectivity index is 1.18. The highest BCUT2D eigenvalue weighted by atomic mass is 16.5. The lowest BCUT2D eigenvalue weighted by Gasteiger charge is -2.48. The molecule has 0 spiro atoms. The molecule has 2 bridgehead atoms. The van der Waals surface area contributed by atoms with Crippen molar-refractivity contribution in [3.05, 3.63) is 30.6 Å². The number of piperazine rings is 1. The van der Waals surface area contributed by atoms with Crippen LogP contribution in [0.5, 0.6) is 11.6 Å². The summed E-state index contributed by atoms with van der Waals surface area (Å²) < 4.78 is 13.1. The van der Waals surface area contributed by atoms with Gasteiger partial charge in [-0.2, -0.15) is 0 Å². The predicted octanol–water partition coefficient (Wildman–Crippen LogP) is 2.27. The van der Waals surface area contributed by atoms with E-state index in [1.54, 1.807) is 26.6 Å². The largest absolute Gasteiger partial charge is 0.496 e. The van der Waals surface area contributed by atoms with Gasteiger partial charge in [-0.05, 0) is 37.0 Å². The smallest absolute Gasteiger partial charge is 0.228 e. The summed E-state index contributed by atoms with van der Waals surface area (Å²) in [4.78, 5) is 24.2.